The third kappa shape index (κ3) is 10.1. The molecule has 3 rings (SSSR count). The fraction of sp³-hybridized carbons (Fsp3) is 0.200. The molecule has 0 heterocycles. The van der Waals surface area contributed by atoms with Gasteiger partial charge in [-0.25, -0.2) is 10.5 Å². The second-order valence-electron chi connectivity index (χ2n) is 9.31. The third-order valence-corrected chi connectivity index (χ3v) is 6.11. The van der Waals surface area contributed by atoms with E-state index in [0.29, 0.717) is 0 Å². The topological polar surface area (TPSA) is 164 Å². The molecule has 0 aliphatic rings. The highest BCUT2D eigenvalue weighted by atomic mass is 17.1. The van der Waals surface area contributed by atoms with E-state index in [9.17, 15) is 9.59 Å². The Morgan fingerprint density at radius 1 is 0.595 bits per heavy atom. The third-order valence-electron chi connectivity index (χ3n) is 6.11. The van der Waals surface area contributed by atoms with Gasteiger partial charge in [0.05, 0.1) is 25.9 Å². The highest BCUT2D eigenvalue weighted by Crippen LogP contribution is 2.26. The highest BCUT2D eigenvalue weighted by molar-refractivity contribution is 5.71. The van der Waals surface area contributed by atoms with Crippen molar-refractivity contribution in [1.29, 1.82) is 0 Å². The Morgan fingerprint density at radius 2 is 0.905 bits per heavy atom. The predicted octanol–water partition coefficient (Wildman–Crippen LogP) is 5.74. The molecule has 0 bridgehead atoms. The summed E-state index contributed by atoms with van der Waals surface area (Å²) < 4.78 is 0. The zero-order valence-electron chi connectivity index (χ0n) is 22.9. The van der Waals surface area contributed by atoms with Gasteiger partial charge in [0.2, 0.25) is 0 Å². The summed E-state index contributed by atoms with van der Waals surface area (Å²) in [6.07, 6.45) is -0.177. The molecule has 12 nitrogen and oxygen atoms in total. The molecule has 0 saturated heterocycles. The Balaban J connectivity index is 1.60. The molecular weight excluding hydrogens is 544 g/mol. The van der Waals surface area contributed by atoms with Crippen LogP contribution in [0.3, 0.4) is 0 Å². The maximum absolute atomic E-state index is 11.0. The van der Waals surface area contributed by atoms with Crippen LogP contribution in [0.25, 0.3) is 0 Å². The van der Waals surface area contributed by atoms with Crippen LogP contribution in [0.5, 0.6) is 0 Å². The number of rotatable bonds is 18. The van der Waals surface area contributed by atoms with Crippen molar-refractivity contribution in [3.05, 3.63) is 97.5 Å². The van der Waals surface area contributed by atoms with Gasteiger partial charge in [0.15, 0.2) is 11.5 Å². The van der Waals surface area contributed by atoms with Crippen molar-refractivity contribution in [1.82, 2.24) is 0 Å². The molecule has 0 aliphatic heterocycles. The van der Waals surface area contributed by atoms with Crippen LogP contribution in [0, 0.1) is 0 Å². The molecule has 0 atom stereocenters. The molecule has 12 heteroatoms. The molecule has 0 aliphatic carbocycles. The van der Waals surface area contributed by atoms with Crippen molar-refractivity contribution in [2.24, 2.45) is 0 Å². The number of benzene rings is 3. The van der Waals surface area contributed by atoms with Crippen molar-refractivity contribution in [3.63, 3.8) is 0 Å². The molecule has 0 amide bonds. The smallest absolute Gasteiger partial charge is 0.305 e. The van der Waals surface area contributed by atoms with E-state index in [2.05, 4.69) is 33.6 Å². The van der Waals surface area contributed by atoms with Gasteiger partial charge in [0.1, 0.15) is 0 Å². The van der Waals surface area contributed by atoms with Gasteiger partial charge >= 0.3 is 11.9 Å². The number of carbonyl (C=O) groups is 2. The molecule has 0 aromatic heterocycles. The second-order valence-corrected chi connectivity index (χ2v) is 9.31. The van der Waals surface area contributed by atoms with Gasteiger partial charge in [-0.15, -0.1) is 0 Å². The summed E-state index contributed by atoms with van der Waals surface area (Å²) in [5.74, 6) is -1.66. The molecule has 0 radical (unpaired) electrons. The first kappa shape index (κ1) is 31.3. The molecule has 0 spiro atoms. The van der Waals surface area contributed by atoms with Crippen molar-refractivity contribution >= 4 is 46.1 Å². The number of nitrogens with zero attached hydrogens (tertiary/aromatic N) is 2. The van der Waals surface area contributed by atoms with Crippen LogP contribution in [-0.2, 0) is 19.4 Å². The molecule has 0 fully saturated rings. The molecule has 0 saturated carbocycles. The summed E-state index contributed by atoms with van der Waals surface area (Å²) in [5, 5.41) is 42.4. The van der Waals surface area contributed by atoms with E-state index in [0.717, 1.165) is 34.1 Å². The summed E-state index contributed by atoms with van der Waals surface area (Å²) in [5.41, 5.74) is 4.87. The van der Waals surface area contributed by atoms with Crippen LogP contribution in [0.15, 0.2) is 97.5 Å². The van der Waals surface area contributed by atoms with Crippen molar-refractivity contribution in [2.45, 2.75) is 12.8 Å². The summed E-state index contributed by atoms with van der Waals surface area (Å²) in [6.45, 7) is 7.95. The zero-order valence-corrected chi connectivity index (χ0v) is 22.9. The minimum absolute atomic E-state index is 0.0883. The molecule has 0 unspecified atom stereocenters. The number of carboxylic acid groups (broad SMARTS) is 2. The van der Waals surface area contributed by atoms with Crippen molar-refractivity contribution in [3.8, 4) is 0 Å². The lowest BCUT2D eigenvalue weighted by Crippen LogP contribution is -2.28. The molecule has 3 aromatic rings. The van der Waals surface area contributed by atoms with Crippen LogP contribution in [0.2, 0.25) is 0 Å². The summed E-state index contributed by atoms with van der Waals surface area (Å²) >= 11 is 0. The first-order chi connectivity index (χ1) is 20.2. The number of hydrogen-bond donors (Lipinski definition) is 6. The Hall–Kier alpha value is -5.20. The quantitative estimate of drug-likeness (QED) is 0.0617. The normalized spacial score (nSPS) is 10.3. The zero-order chi connectivity index (χ0) is 30.5. The first-order valence-corrected chi connectivity index (χ1v) is 12.9. The Morgan fingerprint density at radius 3 is 1.21 bits per heavy atom. The van der Waals surface area contributed by atoms with Gasteiger partial charge in [0.25, 0.3) is 0 Å². The average molecular weight is 579 g/mol. The number of nitrogens with one attached hydrogen (secondary N) is 2. The van der Waals surface area contributed by atoms with Gasteiger partial charge in [-0.3, -0.25) is 9.59 Å². The van der Waals surface area contributed by atoms with Crippen LogP contribution in [-0.4, -0.2) is 58.8 Å². The summed E-state index contributed by atoms with van der Waals surface area (Å²) in [7, 11) is 0. The van der Waals surface area contributed by atoms with Gasteiger partial charge in [-0.2, -0.15) is 0 Å². The number of carboxylic acids is 2. The van der Waals surface area contributed by atoms with E-state index in [1.807, 2.05) is 72.8 Å². The van der Waals surface area contributed by atoms with E-state index in [-0.39, 0.29) is 50.5 Å². The lowest BCUT2D eigenvalue weighted by molar-refractivity contribution is -0.205. The van der Waals surface area contributed by atoms with Gasteiger partial charge < -0.3 is 40.4 Å². The molecule has 6 N–H and O–H groups in total. The highest BCUT2D eigenvalue weighted by Gasteiger charge is 2.13. The van der Waals surface area contributed by atoms with E-state index in [1.165, 1.54) is 0 Å². The first-order valence-electron chi connectivity index (χ1n) is 12.9. The lowest BCUT2D eigenvalue weighted by atomic mass is 10.2. The minimum Gasteiger partial charge on any atom is -0.481 e. The number of aliphatic carboxylic acids is 2. The van der Waals surface area contributed by atoms with Crippen LogP contribution in [0.4, 0.5) is 34.1 Å². The molecule has 222 valence electrons. The van der Waals surface area contributed by atoms with Crippen LogP contribution in [0.1, 0.15) is 12.8 Å². The molecular formula is C30H34N4O8. The van der Waals surface area contributed by atoms with E-state index < -0.39 is 11.9 Å². The van der Waals surface area contributed by atoms with Gasteiger partial charge in [-0.1, -0.05) is 13.2 Å². The number of anilines is 6. The Bertz CT molecular complexity index is 1310. The van der Waals surface area contributed by atoms with Gasteiger partial charge in [-0.05, 0) is 72.8 Å². The van der Waals surface area contributed by atoms with Crippen LogP contribution >= 0.6 is 0 Å². The standard InChI is InChI=1S/C30H34N4O8/c1-21(41-39)19-34(20-22(2)42-40)28-13-9-26(10-14-28)32-24-5-3-23(4-6-24)31-25-7-11-27(12-8-25)33(17-15-29(35)36)18-16-30(37)38/h3-14,31-32,39-40H,1-2,15-20H2,(H,35,36)(H,37,38). The lowest BCUT2D eigenvalue weighted by Gasteiger charge is -2.24. The summed E-state index contributed by atoms with van der Waals surface area (Å²) in [6, 6.07) is 22.5. The second kappa shape index (κ2) is 15.6. The van der Waals surface area contributed by atoms with E-state index in [4.69, 9.17) is 20.7 Å². The minimum atomic E-state index is -0.942. The van der Waals surface area contributed by atoms with E-state index in [1.54, 1.807) is 9.80 Å². The molecule has 3 aromatic carbocycles. The van der Waals surface area contributed by atoms with Gasteiger partial charge in [0, 0.05) is 47.2 Å². The number of hydrogen-bond acceptors (Lipinski definition) is 10. The van der Waals surface area contributed by atoms with Crippen LogP contribution < -0.4 is 20.4 Å². The maximum Gasteiger partial charge on any atom is 0.305 e. The molecule has 42 heavy (non-hydrogen) atoms. The maximum atomic E-state index is 11.0. The Kier molecular flexibility index (Phi) is 11.6. The fourth-order valence-corrected chi connectivity index (χ4v) is 4.03. The largest absolute Gasteiger partial charge is 0.481 e. The Labute approximate surface area is 243 Å². The van der Waals surface area contributed by atoms with Crippen molar-refractivity contribution in [2.75, 3.05) is 46.6 Å². The predicted molar refractivity (Wildman–Crippen MR) is 161 cm³/mol. The summed E-state index contributed by atoms with van der Waals surface area (Å²) in [4.78, 5) is 33.9. The van der Waals surface area contributed by atoms with E-state index >= 15 is 0 Å². The average Bonchev–Trinajstić information content (AvgIpc) is 2.98. The monoisotopic (exact) mass is 578 g/mol. The fourth-order valence-electron chi connectivity index (χ4n) is 4.03. The SMILES string of the molecule is C=C(CN(CC(=C)OO)c1ccc(Nc2ccc(Nc3ccc(N(CCC(=O)O)CCC(=O)O)cc3)cc2)cc1)OO. The van der Waals surface area contributed by atoms with Crippen molar-refractivity contribution < 1.29 is 40.1 Å².